The predicted molar refractivity (Wildman–Crippen MR) is 444 cm³/mol. The number of ether oxygens (including phenoxy) is 4. The molecule has 9 amide bonds. The molecule has 1 fully saturated rings. The van der Waals surface area contributed by atoms with Crippen LogP contribution in [0, 0.1) is 18.7 Å². The third kappa shape index (κ3) is 16.8. The van der Waals surface area contributed by atoms with Crippen molar-refractivity contribution < 1.29 is 81.0 Å². The second kappa shape index (κ2) is 33.9. The first-order valence-corrected chi connectivity index (χ1v) is 47.9. The van der Waals surface area contributed by atoms with E-state index < -0.39 is 64.2 Å². The fraction of sp³-hybridized carbons (Fsp3) is 0.494. The summed E-state index contributed by atoms with van der Waals surface area (Å²) >= 11 is 6.45. The minimum absolute atomic E-state index is 0.0156. The summed E-state index contributed by atoms with van der Waals surface area (Å²) in [6.07, 6.45) is 25.9. The fourth-order valence-electron chi connectivity index (χ4n) is 18.8. The van der Waals surface area contributed by atoms with Gasteiger partial charge in [0.25, 0.3) is 40.1 Å². The number of urea groups is 4. The summed E-state index contributed by atoms with van der Waals surface area (Å²) in [6.45, 7) is 6.88. The minimum Gasteiger partial charge on any atom is -0.477 e. The molecule has 122 heavy (non-hydrogen) atoms. The lowest BCUT2D eigenvalue weighted by molar-refractivity contribution is -0.119. The molecule has 0 bridgehead atoms. The van der Waals surface area contributed by atoms with Gasteiger partial charge >= 0.3 is 24.1 Å². The largest absolute Gasteiger partial charge is 0.477 e. The van der Waals surface area contributed by atoms with Crippen molar-refractivity contribution in [2.24, 2.45) is 5.92 Å². The number of nitrogens with one attached hydrogen (secondary N) is 10. The number of carbonyl (C=O) groups excluding carboxylic acids is 5. The number of halogens is 2. The Hall–Kier alpha value is -10.6. The zero-order chi connectivity index (χ0) is 85.3. The van der Waals surface area contributed by atoms with E-state index in [1.165, 1.54) is 61.8 Å². The zero-order valence-corrected chi connectivity index (χ0v) is 71.7. The summed E-state index contributed by atoms with van der Waals surface area (Å²) in [6, 6.07) is 3.26. The van der Waals surface area contributed by atoms with E-state index in [9.17, 15) is 62.0 Å². The molecule has 4 aliphatic heterocycles. The molecule has 8 aliphatic carbocycles. The molecule has 8 heterocycles. The van der Waals surface area contributed by atoms with Gasteiger partial charge in [0, 0.05) is 73.1 Å². The van der Waals surface area contributed by atoms with Gasteiger partial charge in [-0.2, -0.15) is 20.4 Å². The van der Waals surface area contributed by atoms with Gasteiger partial charge in [0.15, 0.2) is 19.6 Å². The second-order valence-electron chi connectivity index (χ2n) is 32.7. The molecule has 1 unspecified atom stereocenters. The molecule has 20 rings (SSSR count). The van der Waals surface area contributed by atoms with Gasteiger partial charge < -0.3 is 50.8 Å². The predicted octanol–water partition coefficient (Wildman–Crippen LogP) is 8.66. The van der Waals surface area contributed by atoms with Crippen molar-refractivity contribution in [3.8, 4) is 23.5 Å². The van der Waals surface area contributed by atoms with E-state index in [2.05, 4.69) is 83.3 Å². The molecular formula is C81H96ClFN18O17S4. The Labute approximate surface area is 709 Å². The van der Waals surface area contributed by atoms with Crippen molar-refractivity contribution >= 4 is 104 Å². The van der Waals surface area contributed by atoms with Gasteiger partial charge in [-0.3, -0.25) is 4.79 Å². The number of anilines is 4. The van der Waals surface area contributed by atoms with Gasteiger partial charge in [-0.25, -0.2) is 94.9 Å². The molecule has 12 aliphatic rings. The first-order valence-electron chi connectivity index (χ1n) is 41.6. The Bertz CT molecular complexity index is 6000. The van der Waals surface area contributed by atoms with Gasteiger partial charge in [0.05, 0.1) is 63.2 Å². The van der Waals surface area contributed by atoms with E-state index in [0.29, 0.717) is 112 Å². The molecule has 650 valence electrons. The van der Waals surface area contributed by atoms with Gasteiger partial charge in [0.1, 0.15) is 12.4 Å². The average molecular weight is 1780 g/mol. The highest BCUT2D eigenvalue weighted by molar-refractivity contribution is 7.91. The minimum atomic E-state index is -4.20. The molecule has 8 aromatic rings. The number of amides is 9. The van der Waals surface area contributed by atoms with Crippen molar-refractivity contribution in [3.63, 3.8) is 0 Å². The fourth-order valence-corrected chi connectivity index (χ4v) is 23.3. The molecule has 1 saturated carbocycles. The van der Waals surface area contributed by atoms with Crippen molar-refractivity contribution in [3.05, 3.63) is 137 Å². The third-order valence-electron chi connectivity index (χ3n) is 24.5. The molecule has 0 spiro atoms. The molecule has 0 saturated heterocycles. The number of aryl methyl sites for hydroxylation is 7. The number of likely N-dealkylation sites (N-methyl/N-ethyl adjacent to an activating group) is 1. The Morgan fingerprint density at radius 1 is 0.459 bits per heavy atom. The molecule has 41 heteroatoms. The van der Waals surface area contributed by atoms with Crippen LogP contribution in [0.25, 0.3) is 0 Å². The first kappa shape index (κ1) is 83.7. The maximum atomic E-state index is 14.8. The van der Waals surface area contributed by atoms with Crippen LogP contribution in [0.1, 0.15) is 173 Å². The summed E-state index contributed by atoms with van der Waals surface area (Å²) in [5.41, 5.74) is 18.7. The van der Waals surface area contributed by atoms with E-state index in [-0.39, 0.29) is 73.4 Å². The van der Waals surface area contributed by atoms with Crippen molar-refractivity contribution in [1.82, 2.24) is 68.6 Å². The van der Waals surface area contributed by atoms with Crippen LogP contribution in [-0.2, 0) is 161 Å². The summed E-state index contributed by atoms with van der Waals surface area (Å²) in [5, 5.41) is 34.2. The smallest absolute Gasteiger partial charge is 0.333 e. The van der Waals surface area contributed by atoms with Crippen LogP contribution in [0.2, 0.25) is 5.02 Å². The number of rotatable bonds is 16. The van der Waals surface area contributed by atoms with E-state index in [1.54, 1.807) is 18.7 Å². The second-order valence-corrected chi connectivity index (χ2v) is 39.7. The number of benzene rings is 4. The summed E-state index contributed by atoms with van der Waals surface area (Å²) < 4.78 is 154. The monoisotopic (exact) mass is 1770 g/mol. The summed E-state index contributed by atoms with van der Waals surface area (Å²) in [5.74, 6) is 0.609. The van der Waals surface area contributed by atoms with E-state index >= 15 is 0 Å². The lowest BCUT2D eigenvalue weighted by atomic mass is 9.98. The lowest BCUT2D eigenvalue weighted by Crippen LogP contribution is -2.40. The highest BCUT2D eigenvalue weighted by Crippen LogP contribution is 2.50. The lowest BCUT2D eigenvalue weighted by Gasteiger charge is -2.24. The van der Waals surface area contributed by atoms with Crippen LogP contribution < -0.4 is 69.7 Å². The molecular weight excluding hydrogens is 1680 g/mol. The SMILES string of the molecule is CC(=O)NCC1COc2c(S(=O)(=O)NC(=O)Nc3c4c(cc5c3CCC5)CCC4)cnn2C1.CN[C@H]1COc2c(S(=O)(=O)NC(=O)Nc3c4c(c(F)c5c3CCC5)CCC4)cnn2C1.Cc1nn2c(c1S(=O)(=O)NC(=O)Nc1c3c(cc4c1CCC4)CCC3)OCCC2.O=C(Nc1c(C2CC2)cc(Cl)c2c1CCC2)NS(=O)(=O)c1cnn2c1OCCC2. The quantitative estimate of drug-likeness (QED) is 0.0432. The van der Waals surface area contributed by atoms with E-state index in [1.807, 2.05) is 6.07 Å². The maximum absolute atomic E-state index is 14.8. The number of nitrogens with zero attached hydrogens (tertiary/aromatic N) is 8. The maximum Gasteiger partial charge on any atom is 0.333 e. The Balaban J connectivity index is 0.000000116. The van der Waals surface area contributed by atoms with Gasteiger partial charge in [-0.15, -0.1) is 0 Å². The molecule has 2 atom stereocenters. The van der Waals surface area contributed by atoms with Gasteiger partial charge in [-0.05, 0) is 257 Å². The van der Waals surface area contributed by atoms with Crippen molar-refractivity contribution in [2.45, 2.75) is 232 Å². The van der Waals surface area contributed by atoms with E-state index in [0.717, 1.165) is 201 Å². The normalized spacial score (nSPS) is 18.3. The van der Waals surface area contributed by atoms with Crippen molar-refractivity contribution in [1.29, 1.82) is 0 Å². The molecule has 35 nitrogen and oxygen atoms in total. The van der Waals surface area contributed by atoms with Crippen LogP contribution in [0.4, 0.5) is 46.3 Å². The van der Waals surface area contributed by atoms with E-state index in [4.69, 9.17) is 30.5 Å². The molecule has 10 N–H and O–H groups in total. The van der Waals surface area contributed by atoms with Crippen LogP contribution in [0.3, 0.4) is 0 Å². The standard InChI is InChI=1S/C22H27N5O5S.C20H24FN5O4S.C20H24N4O4S.C19H21ClN4O4S/c1-13(28)23-9-14-11-27-21(32-12-14)19(10-24-27)33(30,31)26-22(29)25-20-17-6-2-4-15(17)8-16-5-3-7-18(16)20;1-22-11-9-26-19(30-10-11)16(8-23-26)31(28,29)25-20(27)24-18-14-6-2-4-12(14)17(21)13-5-3-7-15(13)18;1-12-18(19-24(22-12)9-4-10-28-19)29(26,27)23-20(25)21-17-15-7-2-5-13(15)11-14-6-3-8-16(14)17;20-15-9-14(11-5-6-11)17(13-4-1-3-12(13)15)22-19(25)23-29(26,27)16-10-21-24-7-2-8-28-18(16)24/h8,10,14H,2-7,9,11-12H2,1H3,(H,23,28)(H2,25,26,29);8,11,22H,2-7,9-10H2,1H3,(H2,24,25,27);11H,2-10H2,1H3,(H2,21,23,25);9-11H,1-8H2,(H2,22,23,25)/t;11-;;/m.1../s1. The van der Waals surface area contributed by atoms with Crippen LogP contribution >= 0.6 is 11.6 Å². The summed E-state index contributed by atoms with van der Waals surface area (Å²) in [4.78, 5) is 61.5. The number of carbonyl (C=O) groups is 5. The first-order chi connectivity index (χ1) is 58.6. The molecule has 0 radical (unpaired) electrons. The number of aromatic nitrogens is 8. The Morgan fingerprint density at radius 2 is 0.852 bits per heavy atom. The zero-order valence-electron chi connectivity index (χ0n) is 67.6. The van der Waals surface area contributed by atoms with Gasteiger partial charge in [-0.1, -0.05) is 23.7 Å². The van der Waals surface area contributed by atoms with Gasteiger partial charge in [0.2, 0.25) is 29.4 Å². The molecule has 4 aromatic carbocycles. The highest BCUT2D eigenvalue weighted by atomic mass is 35.5. The summed E-state index contributed by atoms with van der Waals surface area (Å²) in [7, 11) is -14.8. The van der Waals surface area contributed by atoms with Crippen molar-refractivity contribution in [2.75, 3.05) is 61.3 Å². The topological polar surface area (TPSA) is 450 Å². The Morgan fingerprint density at radius 3 is 1.34 bits per heavy atom. The highest BCUT2D eigenvalue weighted by Gasteiger charge is 2.40. The molecule has 4 aromatic heterocycles. The van der Waals surface area contributed by atoms with Crippen LogP contribution in [-0.4, -0.2) is 149 Å². The number of fused-ring (bicyclic) bond motifs is 11. The number of sulfonamides is 4. The average Bonchev–Trinajstić information content (AvgIpc) is 1.56. The van der Waals surface area contributed by atoms with Crippen LogP contribution in [0.15, 0.2) is 56.4 Å². The Kier molecular flexibility index (Phi) is 23.3. The number of hydrogen-bond acceptors (Lipinski definition) is 22. The third-order valence-corrected chi connectivity index (χ3v) is 30.2. The van der Waals surface area contributed by atoms with Crippen LogP contribution in [0.5, 0.6) is 23.5 Å². The number of hydrogen-bond donors (Lipinski definition) is 10.